The number of hydrogen-bond donors (Lipinski definition) is 2. The molecule has 0 radical (unpaired) electrons. The molecule has 4 amide bonds. The Balaban J connectivity index is 1.35. The first-order valence-corrected chi connectivity index (χ1v) is 14.0. The fourth-order valence-corrected chi connectivity index (χ4v) is 5.33. The summed E-state index contributed by atoms with van der Waals surface area (Å²) in [5.74, 6) is -2.13. The topological polar surface area (TPSA) is 108 Å². The zero-order valence-corrected chi connectivity index (χ0v) is 23.7. The van der Waals surface area contributed by atoms with Crippen LogP contribution < -0.4 is 15.4 Å². The van der Waals surface area contributed by atoms with E-state index in [0.717, 1.165) is 35.1 Å². The van der Waals surface area contributed by atoms with Crippen LogP contribution in [0.15, 0.2) is 53.0 Å². The number of benzene rings is 2. The van der Waals surface area contributed by atoms with Gasteiger partial charge in [-0.1, -0.05) is 28.1 Å². The number of halogens is 4. The van der Waals surface area contributed by atoms with Crippen molar-refractivity contribution >= 4 is 45.2 Å². The highest BCUT2D eigenvalue weighted by Gasteiger charge is 2.42. The molecule has 0 spiro atoms. The first kappa shape index (κ1) is 30.4. The summed E-state index contributed by atoms with van der Waals surface area (Å²) >= 11 is 3.39. The predicted molar refractivity (Wildman–Crippen MR) is 147 cm³/mol. The lowest BCUT2D eigenvalue weighted by atomic mass is 9.97. The fraction of sp³-hybridized carbons (Fsp3) is 0.429. The molecular formula is C28H30BrF3N4O5. The Bertz CT molecular complexity index is 1260. The summed E-state index contributed by atoms with van der Waals surface area (Å²) in [4.78, 5) is 53.9. The molecule has 41 heavy (non-hydrogen) atoms. The van der Waals surface area contributed by atoms with Gasteiger partial charge in [0.1, 0.15) is 12.3 Å². The van der Waals surface area contributed by atoms with Gasteiger partial charge in [0.05, 0.1) is 6.04 Å². The maximum atomic E-state index is 13.4. The standard InChI is InChI=1S/C28H30BrF3N4O5/c29-20-6-4-18(5-7-20)23-15-19(16-24(37)34-21-8-10-22(11-9-21)41-28(30,31)32)27(40)36(23)17-25(38)33-12-2-14-35-13-1-3-26(35)39/h4-11,19,23H,1-3,12-17H2,(H,33,38)(H,34,37)/t19-,23-/m1/s1. The lowest BCUT2D eigenvalue weighted by Gasteiger charge is -2.25. The molecule has 0 unspecified atom stereocenters. The summed E-state index contributed by atoms with van der Waals surface area (Å²) < 4.78 is 41.8. The number of carbonyl (C=O) groups is 4. The van der Waals surface area contributed by atoms with Crippen molar-refractivity contribution in [3.8, 4) is 5.75 Å². The minimum atomic E-state index is -4.82. The number of carbonyl (C=O) groups excluding carboxylic acids is 4. The highest BCUT2D eigenvalue weighted by Crippen LogP contribution is 2.38. The van der Waals surface area contributed by atoms with Gasteiger partial charge in [-0.2, -0.15) is 0 Å². The van der Waals surface area contributed by atoms with Crippen LogP contribution in [0.3, 0.4) is 0 Å². The molecule has 2 fully saturated rings. The van der Waals surface area contributed by atoms with E-state index >= 15 is 0 Å². The van der Waals surface area contributed by atoms with Crippen LogP contribution in [0.4, 0.5) is 18.9 Å². The van der Waals surface area contributed by atoms with Gasteiger partial charge in [-0.3, -0.25) is 19.2 Å². The van der Waals surface area contributed by atoms with Crippen molar-refractivity contribution in [3.63, 3.8) is 0 Å². The summed E-state index contributed by atoms with van der Waals surface area (Å²) in [5.41, 5.74) is 1.08. The molecule has 2 aromatic carbocycles. The van der Waals surface area contributed by atoms with Gasteiger partial charge in [-0.15, -0.1) is 13.2 Å². The van der Waals surface area contributed by atoms with Crippen LogP contribution in [0.25, 0.3) is 0 Å². The van der Waals surface area contributed by atoms with Gasteiger partial charge < -0.3 is 25.2 Å². The molecule has 9 nitrogen and oxygen atoms in total. The zero-order chi connectivity index (χ0) is 29.6. The number of likely N-dealkylation sites (tertiary alicyclic amines) is 2. The second-order valence-electron chi connectivity index (χ2n) is 9.98. The van der Waals surface area contributed by atoms with E-state index < -0.39 is 30.0 Å². The molecule has 0 aromatic heterocycles. The molecule has 2 saturated heterocycles. The van der Waals surface area contributed by atoms with Crippen LogP contribution >= 0.6 is 15.9 Å². The molecule has 2 aliphatic rings. The lowest BCUT2D eigenvalue weighted by molar-refractivity contribution is -0.274. The molecule has 0 aliphatic carbocycles. The quantitative estimate of drug-likeness (QED) is 0.355. The molecule has 0 bridgehead atoms. The maximum absolute atomic E-state index is 13.4. The Morgan fingerprint density at radius 1 is 1.02 bits per heavy atom. The summed E-state index contributed by atoms with van der Waals surface area (Å²) in [5, 5.41) is 5.42. The molecule has 2 N–H and O–H groups in total. The Labute approximate surface area is 243 Å². The number of nitrogens with one attached hydrogen (secondary N) is 2. The Hall–Kier alpha value is -3.61. The fourth-order valence-electron chi connectivity index (χ4n) is 5.07. The second-order valence-corrected chi connectivity index (χ2v) is 10.9. The monoisotopic (exact) mass is 638 g/mol. The molecule has 2 aliphatic heterocycles. The molecule has 13 heteroatoms. The normalized spacial score (nSPS) is 19.0. The van der Waals surface area contributed by atoms with E-state index in [4.69, 9.17) is 0 Å². The second kappa shape index (κ2) is 13.4. The number of rotatable bonds is 11. The summed E-state index contributed by atoms with van der Waals surface area (Å²) in [6.07, 6.45) is -2.65. The van der Waals surface area contributed by atoms with Gasteiger partial charge in [-0.05, 0) is 61.2 Å². The summed E-state index contributed by atoms with van der Waals surface area (Å²) in [6.45, 7) is 1.49. The highest BCUT2D eigenvalue weighted by molar-refractivity contribution is 9.10. The van der Waals surface area contributed by atoms with Gasteiger partial charge in [0, 0.05) is 48.6 Å². The van der Waals surface area contributed by atoms with E-state index in [2.05, 4.69) is 31.3 Å². The van der Waals surface area contributed by atoms with Crippen molar-refractivity contribution in [2.45, 2.75) is 44.5 Å². The third kappa shape index (κ3) is 8.69. The van der Waals surface area contributed by atoms with Crippen LogP contribution in [0.1, 0.15) is 43.7 Å². The predicted octanol–water partition coefficient (Wildman–Crippen LogP) is 4.39. The van der Waals surface area contributed by atoms with Crippen LogP contribution in [0, 0.1) is 5.92 Å². The van der Waals surface area contributed by atoms with E-state index in [1.54, 1.807) is 4.90 Å². The zero-order valence-electron chi connectivity index (χ0n) is 22.1. The van der Waals surface area contributed by atoms with Gasteiger partial charge >= 0.3 is 6.36 Å². The molecule has 0 saturated carbocycles. The van der Waals surface area contributed by atoms with Crippen molar-refractivity contribution in [1.29, 1.82) is 0 Å². The summed E-state index contributed by atoms with van der Waals surface area (Å²) in [7, 11) is 0. The SMILES string of the molecule is O=C(CN1C(=O)[C@@H](CC(=O)Nc2ccc(OC(F)(F)F)cc2)C[C@@H]1c1ccc(Br)cc1)NCCCN1CCCC1=O. The van der Waals surface area contributed by atoms with E-state index in [9.17, 15) is 32.3 Å². The van der Waals surface area contributed by atoms with Crippen molar-refractivity contribution in [2.24, 2.45) is 5.92 Å². The van der Waals surface area contributed by atoms with Crippen molar-refractivity contribution in [3.05, 3.63) is 58.6 Å². The van der Waals surface area contributed by atoms with Gasteiger partial charge in [0.15, 0.2) is 0 Å². The molecule has 2 aromatic rings. The van der Waals surface area contributed by atoms with E-state index in [1.807, 2.05) is 24.3 Å². The largest absolute Gasteiger partial charge is 0.573 e. The van der Waals surface area contributed by atoms with Crippen LogP contribution in [0.5, 0.6) is 5.75 Å². The van der Waals surface area contributed by atoms with Gasteiger partial charge in [0.2, 0.25) is 23.6 Å². The average molecular weight is 639 g/mol. The number of hydrogen-bond acceptors (Lipinski definition) is 5. The first-order chi connectivity index (χ1) is 19.5. The minimum Gasteiger partial charge on any atom is -0.406 e. The molecule has 220 valence electrons. The average Bonchev–Trinajstić information content (AvgIpc) is 3.45. The number of nitrogens with zero attached hydrogens (tertiary/aromatic N) is 2. The van der Waals surface area contributed by atoms with Gasteiger partial charge in [0.25, 0.3) is 0 Å². The van der Waals surface area contributed by atoms with Crippen LogP contribution in [-0.4, -0.2) is 66.0 Å². The number of amides is 4. The van der Waals surface area contributed by atoms with Crippen molar-refractivity contribution in [1.82, 2.24) is 15.1 Å². The maximum Gasteiger partial charge on any atom is 0.573 e. The lowest BCUT2D eigenvalue weighted by Crippen LogP contribution is -2.41. The molecular weight excluding hydrogens is 609 g/mol. The highest BCUT2D eigenvalue weighted by atomic mass is 79.9. The van der Waals surface area contributed by atoms with E-state index in [1.165, 1.54) is 17.0 Å². The first-order valence-electron chi connectivity index (χ1n) is 13.2. The number of alkyl halides is 3. The number of ether oxygens (including phenoxy) is 1. The van der Waals surface area contributed by atoms with E-state index in [0.29, 0.717) is 32.4 Å². The Kier molecular flexibility index (Phi) is 9.90. The Morgan fingerprint density at radius 3 is 2.37 bits per heavy atom. The Morgan fingerprint density at radius 2 is 1.73 bits per heavy atom. The third-order valence-electron chi connectivity index (χ3n) is 6.99. The van der Waals surface area contributed by atoms with Crippen molar-refractivity contribution < 1.29 is 37.1 Å². The van der Waals surface area contributed by atoms with Crippen molar-refractivity contribution in [2.75, 3.05) is 31.5 Å². The summed E-state index contributed by atoms with van der Waals surface area (Å²) in [6, 6.07) is 11.7. The van der Waals surface area contributed by atoms with Gasteiger partial charge in [-0.25, -0.2) is 0 Å². The van der Waals surface area contributed by atoms with E-state index in [-0.39, 0.29) is 36.4 Å². The smallest absolute Gasteiger partial charge is 0.406 e. The molecule has 4 rings (SSSR count). The third-order valence-corrected chi connectivity index (χ3v) is 7.52. The number of anilines is 1. The van der Waals surface area contributed by atoms with Crippen LogP contribution in [-0.2, 0) is 19.2 Å². The molecule has 2 heterocycles. The minimum absolute atomic E-state index is 0.124. The molecule has 2 atom stereocenters. The van der Waals surface area contributed by atoms with Crippen LogP contribution in [0.2, 0.25) is 0 Å².